The van der Waals surface area contributed by atoms with Gasteiger partial charge in [-0.3, -0.25) is 4.79 Å². The van der Waals surface area contributed by atoms with Gasteiger partial charge in [-0.2, -0.15) is 0 Å². The summed E-state index contributed by atoms with van der Waals surface area (Å²) < 4.78 is 1.91. The van der Waals surface area contributed by atoms with E-state index in [0.29, 0.717) is 0 Å². The molecule has 1 amide bonds. The maximum absolute atomic E-state index is 12.2. The van der Waals surface area contributed by atoms with Crippen LogP contribution in [0.15, 0.2) is 35.7 Å². The molecule has 2 aromatic rings. The molecule has 0 saturated carbocycles. The molecule has 5 heteroatoms. The average Bonchev–Trinajstić information content (AvgIpc) is 2.78. The highest BCUT2D eigenvalue weighted by molar-refractivity contribution is 8.00. The fraction of sp³-hybridized carbons (Fsp3) is 0.333. The second kappa shape index (κ2) is 6.13. The summed E-state index contributed by atoms with van der Waals surface area (Å²) in [7, 11) is 1.92. The molecule has 106 valence electrons. The van der Waals surface area contributed by atoms with Gasteiger partial charge in [-0.05, 0) is 32.4 Å². The van der Waals surface area contributed by atoms with E-state index in [0.717, 1.165) is 16.4 Å². The minimum Gasteiger partial charge on any atom is -0.329 e. The van der Waals surface area contributed by atoms with E-state index in [1.54, 1.807) is 6.20 Å². The van der Waals surface area contributed by atoms with E-state index in [-0.39, 0.29) is 11.2 Å². The maximum Gasteiger partial charge on any atom is 0.237 e. The van der Waals surface area contributed by atoms with Gasteiger partial charge in [-0.25, -0.2) is 4.98 Å². The van der Waals surface area contributed by atoms with Crippen molar-refractivity contribution in [2.75, 3.05) is 5.32 Å². The number of rotatable bonds is 4. The average molecular weight is 289 g/mol. The van der Waals surface area contributed by atoms with Crippen LogP contribution in [-0.4, -0.2) is 20.7 Å². The Morgan fingerprint density at radius 2 is 2.15 bits per heavy atom. The van der Waals surface area contributed by atoms with Crippen molar-refractivity contribution in [3.8, 4) is 0 Å². The van der Waals surface area contributed by atoms with Crippen LogP contribution in [0.2, 0.25) is 0 Å². The van der Waals surface area contributed by atoms with Gasteiger partial charge in [-0.1, -0.05) is 29.5 Å². The summed E-state index contributed by atoms with van der Waals surface area (Å²) >= 11 is 1.45. The number of carbonyl (C=O) groups excluding carboxylic acids is 1. The van der Waals surface area contributed by atoms with Gasteiger partial charge in [0.15, 0.2) is 5.16 Å². The number of amides is 1. The zero-order valence-electron chi connectivity index (χ0n) is 12.2. The van der Waals surface area contributed by atoms with Crippen LogP contribution in [0, 0.1) is 13.8 Å². The minimum atomic E-state index is -0.197. The molecular weight excluding hydrogens is 270 g/mol. The molecule has 0 aliphatic heterocycles. The van der Waals surface area contributed by atoms with Gasteiger partial charge in [0.2, 0.25) is 5.91 Å². The zero-order valence-corrected chi connectivity index (χ0v) is 13.0. The first-order valence-electron chi connectivity index (χ1n) is 6.49. The molecule has 1 N–H and O–H groups in total. The first kappa shape index (κ1) is 14.7. The summed E-state index contributed by atoms with van der Waals surface area (Å²) in [6, 6.07) is 6.01. The molecule has 4 nitrogen and oxygen atoms in total. The highest BCUT2D eigenvalue weighted by Gasteiger charge is 2.17. The number of hydrogen-bond donors (Lipinski definition) is 1. The number of hydrogen-bond acceptors (Lipinski definition) is 3. The fourth-order valence-corrected chi connectivity index (χ4v) is 2.70. The minimum absolute atomic E-state index is 0.00930. The Labute approximate surface area is 123 Å². The number of aryl methyl sites for hydroxylation is 3. The highest BCUT2D eigenvalue weighted by Crippen LogP contribution is 2.23. The number of thioether (sulfide) groups is 1. The van der Waals surface area contributed by atoms with Crippen LogP contribution in [0.1, 0.15) is 18.1 Å². The van der Waals surface area contributed by atoms with E-state index in [2.05, 4.69) is 16.4 Å². The number of benzene rings is 1. The van der Waals surface area contributed by atoms with E-state index >= 15 is 0 Å². The topological polar surface area (TPSA) is 46.9 Å². The lowest BCUT2D eigenvalue weighted by Gasteiger charge is -2.13. The monoisotopic (exact) mass is 289 g/mol. The van der Waals surface area contributed by atoms with Crippen molar-refractivity contribution in [1.82, 2.24) is 9.55 Å². The summed E-state index contributed by atoms with van der Waals surface area (Å²) in [5.41, 5.74) is 3.14. The lowest BCUT2D eigenvalue weighted by atomic mass is 10.1. The van der Waals surface area contributed by atoms with Crippen molar-refractivity contribution >= 4 is 23.4 Å². The normalized spacial score (nSPS) is 12.2. The molecule has 0 aliphatic carbocycles. The van der Waals surface area contributed by atoms with Gasteiger partial charge in [0.1, 0.15) is 0 Å². The highest BCUT2D eigenvalue weighted by atomic mass is 32.2. The lowest BCUT2D eigenvalue weighted by Crippen LogP contribution is -2.23. The SMILES string of the molecule is Cc1ccc(NC(=O)[C@H](C)Sc2nccn2C)c(C)c1. The van der Waals surface area contributed by atoms with Crippen molar-refractivity contribution in [3.05, 3.63) is 41.7 Å². The molecule has 1 heterocycles. The molecule has 0 spiro atoms. The Bertz CT molecular complexity index is 621. The molecule has 0 unspecified atom stereocenters. The number of imidazole rings is 1. The molecule has 0 radical (unpaired) electrons. The van der Waals surface area contributed by atoms with Gasteiger partial charge in [0.05, 0.1) is 5.25 Å². The lowest BCUT2D eigenvalue weighted by molar-refractivity contribution is -0.115. The molecule has 1 atom stereocenters. The third kappa shape index (κ3) is 3.42. The predicted octanol–water partition coefficient (Wildman–Crippen LogP) is 3.16. The van der Waals surface area contributed by atoms with Crippen LogP contribution in [0.5, 0.6) is 0 Å². The molecule has 1 aromatic heterocycles. The van der Waals surface area contributed by atoms with Crippen LogP contribution >= 0.6 is 11.8 Å². The Morgan fingerprint density at radius 1 is 1.40 bits per heavy atom. The van der Waals surface area contributed by atoms with Crippen LogP contribution in [0.4, 0.5) is 5.69 Å². The maximum atomic E-state index is 12.2. The number of aromatic nitrogens is 2. The molecule has 0 aliphatic rings. The number of anilines is 1. The van der Waals surface area contributed by atoms with E-state index in [9.17, 15) is 4.79 Å². The molecule has 0 bridgehead atoms. The summed E-state index contributed by atoms with van der Waals surface area (Å²) in [6.07, 6.45) is 3.61. The summed E-state index contributed by atoms with van der Waals surface area (Å²) in [5.74, 6) is -0.00930. The third-order valence-corrected chi connectivity index (χ3v) is 4.24. The van der Waals surface area contributed by atoms with Crippen LogP contribution in [-0.2, 0) is 11.8 Å². The first-order chi connectivity index (χ1) is 9.47. The summed E-state index contributed by atoms with van der Waals surface area (Å²) in [5, 5.41) is 3.62. The van der Waals surface area contributed by atoms with E-state index < -0.39 is 0 Å². The zero-order chi connectivity index (χ0) is 14.7. The Morgan fingerprint density at radius 3 is 2.75 bits per heavy atom. The van der Waals surface area contributed by atoms with Crippen LogP contribution in [0.3, 0.4) is 0 Å². The summed E-state index contributed by atoms with van der Waals surface area (Å²) in [4.78, 5) is 16.4. The van der Waals surface area contributed by atoms with Crippen LogP contribution < -0.4 is 5.32 Å². The number of nitrogens with one attached hydrogen (secondary N) is 1. The van der Waals surface area contributed by atoms with Crippen molar-refractivity contribution in [1.29, 1.82) is 0 Å². The van der Waals surface area contributed by atoms with Crippen molar-refractivity contribution in [3.63, 3.8) is 0 Å². The van der Waals surface area contributed by atoms with E-state index in [4.69, 9.17) is 0 Å². The fourth-order valence-electron chi connectivity index (χ4n) is 1.87. The molecule has 0 fully saturated rings. The van der Waals surface area contributed by atoms with Crippen molar-refractivity contribution in [2.45, 2.75) is 31.2 Å². The molecule has 20 heavy (non-hydrogen) atoms. The van der Waals surface area contributed by atoms with Crippen molar-refractivity contribution in [2.24, 2.45) is 7.05 Å². The second-order valence-corrected chi connectivity index (χ2v) is 6.20. The number of carbonyl (C=O) groups is 1. The number of nitrogens with zero attached hydrogens (tertiary/aromatic N) is 2. The van der Waals surface area contributed by atoms with Gasteiger partial charge in [0, 0.05) is 25.1 Å². The van der Waals surface area contributed by atoms with Gasteiger partial charge < -0.3 is 9.88 Å². The summed E-state index contributed by atoms with van der Waals surface area (Å²) in [6.45, 7) is 5.93. The second-order valence-electron chi connectivity index (χ2n) is 4.89. The first-order valence-corrected chi connectivity index (χ1v) is 7.37. The Hall–Kier alpha value is -1.75. The molecule has 1 aromatic carbocycles. The predicted molar refractivity (Wildman–Crippen MR) is 83.1 cm³/mol. The van der Waals surface area contributed by atoms with E-state index in [1.165, 1.54) is 17.3 Å². The Balaban J connectivity index is 2.02. The van der Waals surface area contributed by atoms with E-state index in [1.807, 2.05) is 50.7 Å². The molecule has 2 rings (SSSR count). The van der Waals surface area contributed by atoms with Gasteiger partial charge >= 0.3 is 0 Å². The van der Waals surface area contributed by atoms with Crippen molar-refractivity contribution < 1.29 is 4.79 Å². The molecular formula is C15H19N3OS. The van der Waals surface area contributed by atoms with Crippen LogP contribution in [0.25, 0.3) is 0 Å². The largest absolute Gasteiger partial charge is 0.329 e. The molecule has 0 saturated heterocycles. The van der Waals surface area contributed by atoms with Gasteiger partial charge in [-0.15, -0.1) is 0 Å². The smallest absolute Gasteiger partial charge is 0.237 e. The van der Waals surface area contributed by atoms with Gasteiger partial charge in [0.25, 0.3) is 0 Å². The third-order valence-electron chi connectivity index (χ3n) is 3.07. The Kier molecular flexibility index (Phi) is 4.49. The quantitative estimate of drug-likeness (QED) is 0.880. The standard InChI is InChI=1S/C15H19N3OS/c1-10-5-6-13(11(2)9-10)17-14(19)12(3)20-15-16-7-8-18(15)4/h5-9,12H,1-4H3,(H,17,19)/t12-/m0/s1.